The summed E-state index contributed by atoms with van der Waals surface area (Å²) in [6.07, 6.45) is 1.18. The minimum atomic E-state index is 0.136. The Morgan fingerprint density at radius 1 is 1.30 bits per heavy atom. The second kappa shape index (κ2) is 4.41. The lowest BCUT2D eigenvalue weighted by Crippen LogP contribution is -2.47. The zero-order valence-electron chi connectivity index (χ0n) is 11.3. The van der Waals surface area contributed by atoms with Gasteiger partial charge in [0, 0.05) is 48.8 Å². The molecule has 0 saturated carbocycles. The molecule has 2 aromatic rings. The van der Waals surface area contributed by atoms with Crippen LogP contribution in [-0.2, 0) is 6.54 Å². The molecule has 5 nitrogen and oxygen atoms in total. The molecule has 2 aliphatic rings. The van der Waals surface area contributed by atoms with Gasteiger partial charge in [-0.25, -0.2) is 4.98 Å². The predicted octanol–water partition coefficient (Wildman–Crippen LogP) is 1.63. The maximum Gasteiger partial charge on any atom is 0.250 e. The minimum Gasteiger partial charge on any atom is -0.346 e. The van der Waals surface area contributed by atoms with Crippen LogP contribution in [0, 0.1) is 12.8 Å². The summed E-state index contributed by atoms with van der Waals surface area (Å²) in [5.41, 5.74) is 1.32. The highest BCUT2D eigenvalue weighted by Crippen LogP contribution is 2.37. The summed E-state index contributed by atoms with van der Waals surface area (Å²) in [6.45, 7) is 4.68. The SMILES string of the molecule is Cc1nsc(N2CC3CC(C2)c2cccc(=O)n2C3)n1. The van der Waals surface area contributed by atoms with Crippen molar-refractivity contribution in [2.24, 2.45) is 5.92 Å². The topological polar surface area (TPSA) is 51.0 Å². The van der Waals surface area contributed by atoms with Gasteiger partial charge in [-0.3, -0.25) is 4.79 Å². The fraction of sp³-hybridized carbons (Fsp3) is 0.500. The minimum absolute atomic E-state index is 0.136. The summed E-state index contributed by atoms with van der Waals surface area (Å²) in [6, 6.07) is 5.64. The van der Waals surface area contributed by atoms with Gasteiger partial charge >= 0.3 is 0 Å². The van der Waals surface area contributed by atoms with E-state index >= 15 is 0 Å². The van der Waals surface area contributed by atoms with Gasteiger partial charge in [0.15, 0.2) is 0 Å². The molecule has 0 radical (unpaired) electrons. The zero-order chi connectivity index (χ0) is 13.7. The average molecular weight is 288 g/mol. The number of hydrogen-bond acceptors (Lipinski definition) is 5. The maximum atomic E-state index is 12.0. The van der Waals surface area contributed by atoms with Gasteiger partial charge in [-0.2, -0.15) is 4.37 Å². The van der Waals surface area contributed by atoms with E-state index in [0.29, 0.717) is 11.8 Å². The van der Waals surface area contributed by atoms with Gasteiger partial charge in [-0.05, 0) is 25.3 Å². The number of fused-ring (bicyclic) bond motifs is 4. The van der Waals surface area contributed by atoms with Crippen LogP contribution in [-0.4, -0.2) is 27.0 Å². The van der Waals surface area contributed by atoms with Crippen molar-refractivity contribution < 1.29 is 0 Å². The molecule has 2 aliphatic heterocycles. The highest BCUT2D eigenvalue weighted by atomic mass is 32.1. The van der Waals surface area contributed by atoms with E-state index in [1.54, 1.807) is 6.07 Å². The third-order valence-electron chi connectivity index (χ3n) is 4.27. The van der Waals surface area contributed by atoms with E-state index in [1.165, 1.54) is 23.6 Å². The lowest BCUT2D eigenvalue weighted by molar-refractivity contribution is 0.281. The van der Waals surface area contributed by atoms with Crippen molar-refractivity contribution in [3.05, 3.63) is 40.1 Å². The van der Waals surface area contributed by atoms with Gasteiger partial charge in [0.25, 0.3) is 5.56 Å². The second-order valence-electron chi connectivity index (χ2n) is 5.73. The first-order valence-corrected chi connectivity index (χ1v) is 7.73. The molecule has 0 spiro atoms. The van der Waals surface area contributed by atoms with E-state index in [1.807, 2.05) is 17.6 Å². The maximum absolute atomic E-state index is 12.0. The van der Waals surface area contributed by atoms with Gasteiger partial charge in [-0.15, -0.1) is 0 Å². The number of pyridine rings is 1. The molecular weight excluding hydrogens is 272 g/mol. The third-order valence-corrected chi connectivity index (χ3v) is 5.14. The molecule has 0 aliphatic carbocycles. The van der Waals surface area contributed by atoms with Crippen molar-refractivity contribution in [3.63, 3.8) is 0 Å². The first kappa shape index (κ1) is 12.1. The molecule has 2 unspecified atom stereocenters. The molecule has 2 bridgehead atoms. The van der Waals surface area contributed by atoms with E-state index in [0.717, 1.165) is 30.6 Å². The number of nitrogens with zero attached hydrogens (tertiary/aromatic N) is 4. The molecule has 1 fully saturated rings. The second-order valence-corrected chi connectivity index (χ2v) is 6.46. The fourth-order valence-corrected chi connectivity index (χ4v) is 4.16. The third kappa shape index (κ3) is 1.86. The van der Waals surface area contributed by atoms with Gasteiger partial charge in [0.2, 0.25) is 5.13 Å². The van der Waals surface area contributed by atoms with Crippen LogP contribution in [0.4, 0.5) is 5.13 Å². The normalized spacial score (nSPS) is 24.6. The molecule has 0 amide bonds. The summed E-state index contributed by atoms with van der Waals surface area (Å²) < 4.78 is 6.24. The molecule has 6 heteroatoms. The van der Waals surface area contributed by atoms with Gasteiger partial charge in [0.1, 0.15) is 5.82 Å². The number of piperidine rings is 1. The van der Waals surface area contributed by atoms with Crippen molar-refractivity contribution in [3.8, 4) is 0 Å². The highest BCUT2D eigenvalue weighted by Gasteiger charge is 2.35. The highest BCUT2D eigenvalue weighted by molar-refractivity contribution is 7.09. The Morgan fingerprint density at radius 3 is 3.00 bits per heavy atom. The van der Waals surface area contributed by atoms with Gasteiger partial charge in [0.05, 0.1) is 0 Å². The van der Waals surface area contributed by atoms with Crippen LogP contribution in [0.5, 0.6) is 0 Å². The molecule has 20 heavy (non-hydrogen) atoms. The van der Waals surface area contributed by atoms with Crippen LogP contribution in [0.25, 0.3) is 0 Å². The van der Waals surface area contributed by atoms with Crippen LogP contribution >= 0.6 is 11.5 Å². The van der Waals surface area contributed by atoms with Crippen LogP contribution in [0.15, 0.2) is 23.0 Å². The van der Waals surface area contributed by atoms with E-state index in [4.69, 9.17) is 0 Å². The van der Waals surface area contributed by atoms with Crippen molar-refractivity contribution in [2.45, 2.75) is 25.8 Å². The fourth-order valence-electron chi connectivity index (χ4n) is 3.47. The lowest BCUT2D eigenvalue weighted by atomic mass is 9.83. The Balaban J connectivity index is 1.70. The van der Waals surface area contributed by atoms with Crippen molar-refractivity contribution in [2.75, 3.05) is 18.0 Å². The molecule has 4 rings (SSSR count). The van der Waals surface area contributed by atoms with Gasteiger partial charge < -0.3 is 9.47 Å². The van der Waals surface area contributed by atoms with E-state index in [9.17, 15) is 4.79 Å². The van der Waals surface area contributed by atoms with Crippen LogP contribution < -0.4 is 10.5 Å². The Bertz CT molecular complexity index is 707. The zero-order valence-corrected chi connectivity index (χ0v) is 12.1. The number of rotatable bonds is 1. The van der Waals surface area contributed by atoms with Crippen molar-refractivity contribution in [1.29, 1.82) is 0 Å². The molecular formula is C14H16N4OS. The van der Waals surface area contributed by atoms with E-state index in [2.05, 4.69) is 20.3 Å². The van der Waals surface area contributed by atoms with Crippen molar-refractivity contribution in [1.82, 2.24) is 13.9 Å². The number of anilines is 1. The predicted molar refractivity (Wildman–Crippen MR) is 78.4 cm³/mol. The van der Waals surface area contributed by atoms with Crippen LogP contribution in [0.2, 0.25) is 0 Å². The Hall–Kier alpha value is -1.69. The summed E-state index contributed by atoms with van der Waals surface area (Å²) >= 11 is 1.48. The summed E-state index contributed by atoms with van der Waals surface area (Å²) in [5.74, 6) is 1.81. The van der Waals surface area contributed by atoms with E-state index < -0.39 is 0 Å². The molecule has 4 heterocycles. The average Bonchev–Trinajstić information content (AvgIpc) is 2.87. The number of aromatic nitrogens is 3. The summed E-state index contributed by atoms with van der Waals surface area (Å²) in [5, 5.41) is 1.02. The van der Waals surface area contributed by atoms with Crippen LogP contribution in [0.3, 0.4) is 0 Å². The monoisotopic (exact) mass is 288 g/mol. The first-order chi connectivity index (χ1) is 9.70. The van der Waals surface area contributed by atoms with Gasteiger partial charge in [-0.1, -0.05) is 6.07 Å². The molecule has 2 atom stereocenters. The number of aryl methyl sites for hydroxylation is 1. The first-order valence-electron chi connectivity index (χ1n) is 6.96. The summed E-state index contributed by atoms with van der Waals surface area (Å²) in [7, 11) is 0. The van der Waals surface area contributed by atoms with Crippen LogP contribution in [0.1, 0.15) is 23.9 Å². The smallest absolute Gasteiger partial charge is 0.250 e. The van der Waals surface area contributed by atoms with E-state index in [-0.39, 0.29) is 5.56 Å². The molecule has 2 aromatic heterocycles. The largest absolute Gasteiger partial charge is 0.346 e. The standard InChI is InChI=1S/C14H16N4OS/c1-9-15-14(20-16-9)17-6-10-5-11(8-17)12-3-2-4-13(19)18(12)7-10/h2-4,10-11H,5-8H2,1H3. The Labute approximate surface area is 121 Å². The quantitative estimate of drug-likeness (QED) is 0.800. The molecule has 0 aromatic carbocycles. The molecule has 104 valence electrons. The Kier molecular flexibility index (Phi) is 2.66. The summed E-state index contributed by atoms with van der Waals surface area (Å²) in [4.78, 5) is 18.8. The lowest BCUT2D eigenvalue weighted by Gasteiger charge is -2.42. The number of hydrogen-bond donors (Lipinski definition) is 0. The molecule has 0 N–H and O–H groups in total. The molecule has 1 saturated heterocycles. The van der Waals surface area contributed by atoms with Crippen molar-refractivity contribution >= 4 is 16.7 Å². The Morgan fingerprint density at radius 2 is 2.20 bits per heavy atom.